The van der Waals surface area contributed by atoms with E-state index in [-0.39, 0.29) is 26.1 Å². The Hall–Kier alpha value is 0.0134. The Morgan fingerprint density at radius 3 is 1.58 bits per heavy atom. The first-order chi connectivity index (χ1) is 4.79. The third-order valence-electron chi connectivity index (χ3n) is 0.771. The Morgan fingerprint density at radius 2 is 1.58 bits per heavy atom. The zero-order valence-electron chi connectivity index (χ0n) is 8.37. The normalized spacial score (nSPS) is 9.08. The maximum atomic E-state index is 9.00. The Morgan fingerprint density at radius 1 is 1.33 bits per heavy atom. The number of hydrogen-bond donors (Lipinski definition) is 2. The topological polar surface area (TPSA) is 57.5 Å². The van der Waals surface area contributed by atoms with Gasteiger partial charge in [-0.15, -0.1) is 0 Å². The van der Waals surface area contributed by atoms with Crippen LogP contribution in [0.25, 0.3) is 0 Å². The SMILES string of the molecule is CC(=O)O.C[N+](C)(C)CCO.[Zn]. The molecule has 0 aliphatic carbocycles. The summed E-state index contributed by atoms with van der Waals surface area (Å²) >= 11 is 0. The van der Waals surface area contributed by atoms with E-state index in [2.05, 4.69) is 21.1 Å². The number of nitrogens with zero attached hydrogens (tertiary/aromatic N) is 1. The van der Waals surface area contributed by atoms with Crippen LogP contribution in [0.1, 0.15) is 6.92 Å². The average Bonchev–Trinajstić information content (AvgIpc) is 1.58. The Balaban J connectivity index is -0.000000142. The minimum Gasteiger partial charge on any atom is -0.481 e. The smallest absolute Gasteiger partial charge is 0.300 e. The van der Waals surface area contributed by atoms with Crippen LogP contribution in [0.3, 0.4) is 0 Å². The molecule has 0 spiro atoms. The first-order valence-electron chi connectivity index (χ1n) is 3.40. The van der Waals surface area contributed by atoms with Gasteiger partial charge in [-0.1, -0.05) is 0 Å². The second-order valence-electron chi connectivity index (χ2n) is 3.26. The summed E-state index contributed by atoms with van der Waals surface area (Å²) in [6.45, 7) is 2.20. The van der Waals surface area contributed by atoms with Crippen molar-refractivity contribution < 1.29 is 39.0 Å². The van der Waals surface area contributed by atoms with Gasteiger partial charge >= 0.3 is 0 Å². The number of aliphatic carboxylic acids is 1. The van der Waals surface area contributed by atoms with Gasteiger partial charge < -0.3 is 14.7 Å². The molecule has 4 nitrogen and oxygen atoms in total. The summed E-state index contributed by atoms with van der Waals surface area (Å²) in [5, 5.41) is 15.8. The summed E-state index contributed by atoms with van der Waals surface area (Å²) in [6.07, 6.45) is 0. The first kappa shape index (κ1) is 17.9. The molecule has 2 N–H and O–H groups in total. The monoisotopic (exact) mass is 228 g/mol. The van der Waals surface area contributed by atoms with Gasteiger partial charge in [0.1, 0.15) is 6.54 Å². The third kappa shape index (κ3) is 50.5. The molecule has 0 aliphatic heterocycles. The van der Waals surface area contributed by atoms with Crippen molar-refractivity contribution in [2.75, 3.05) is 34.3 Å². The standard InChI is InChI=1S/C5H14NO.C2H4O2.Zn/c1-6(2,3)4-5-7;1-2(3)4;/h7H,4-5H2,1-3H3;1H3,(H,3,4);/q+1;;. The van der Waals surface area contributed by atoms with Crippen molar-refractivity contribution in [2.45, 2.75) is 6.92 Å². The molecule has 0 rings (SSSR count). The van der Waals surface area contributed by atoms with Crippen molar-refractivity contribution in [3.8, 4) is 0 Å². The van der Waals surface area contributed by atoms with Crippen molar-refractivity contribution >= 4 is 5.97 Å². The predicted octanol–water partition coefficient (Wildman–Crippen LogP) is -0.227. The molecular weight excluding hydrogens is 211 g/mol. The van der Waals surface area contributed by atoms with Crippen LogP contribution in [0, 0.1) is 0 Å². The predicted molar refractivity (Wildman–Crippen MR) is 43.3 cm³/mol. The molecule has 0 saturated carbocycles. The molecule has 0 aliphatic rings. The van der Waals surface area contributed by atoms with Gasteiger partial charge in [-0.05, 0) is 0 Å². The van der Waals surface area contributed by atoms with Gasteiger partial charge in [-0.2, -0.15) is 0 Å². The van der Waals surface area contributed by atoms with Crippen molar-refractivity contribution in [1.29, 1.82) is 0 Å². The van der Waals surface area contributed by atoms with E-state index in [1.54, 1.807) is 0 Å². The van der Waals surface area contributed by atoms with Crippen LogP contribution in [0.15, 0.2) is 0 Å². The fourth-order valence-corrected chi connectivity index (χ4v) is 0.300. The molecule has 70 valence electrons. The van der Waals surface area contributed by atoms with Gasteiger partial charge in [0, 0.05) is 26.4 Å². The van der Waals surface area contributed by atoms with Gasteiger partial charge in [-0.3, -0.25) is 4.79 Å². The van der Waals surface area contributed by atoms with Crippen molar-refractivity contribution in [1.82, 2.24) is 0 Å². The van der Waals surface area contributed by atoms with Gasteiger partial charge in [0.2, 0.25) is 0 Å². The number of likely N-dealkylation sites (N-methyl/N-ethyl adjacent to an activating group) is 1. The van der Waals surface area contributed by atoms with Gasteiger partial charge in [0.15, 0.2) is 0 Å². The molecule has 12 heavy (non-hydrogen) atoms. The molecule has 0 saturated heterocycles. The molecule has 5 heteroatoms. The van der Waals surface area contributed by atoms with Crippen LogP contribution < -0.4 is 0 Å². The Kier molecular flexibility index (Phi) is 13.6. The van der Waals surface area contributed by atoms with Crippen LogP contribution in [-0.4, -0.2) is 55.0 Å². The summed E-state index contributed by atoms with van der Waals surface area (Å²) < 4.78 is 0.844. The summed E-state index contributed by atoms with van der Waals surface area (Å²) in [7, 11) is 6.16. The van der Waals surface area contributed by atoms with E-state index >= 15 is 0 Å². The Labute approximate surface area is 86.5 Å². The maximum Gasteiger partial charge on any atom is 0.300 e. The molecule has 0 heterocycles. The molecule has 0 aromatic rings. The Bertz CT molecular complexity index is 108. The first-order valence-corrected chi connectivity index (χ1v) is 3.40. The van der Waals surface area contributed by atoms with Crippen LogP contribution in [0.4, 0.5) is 0 Å². The summed E-state index contributed by atoms with van der Waals surface area (Å²) in [5.74, 6) is -0.833. The quantitative estimate of drug-likeness (QED) is 0.508. The molecule has 0 amide bonds. The minimum absolute atomic E-state index is 0. The van der Waals surface area contributed by atoms with Crippen molar-refractivity contribution in [3.05, 3.63) is 0 Å². The zero-order valence-corrected chi connectivity index (χ0v) is 11.3. The molecule has 0 unspecified atom stereocenters. The second-order valence-corrected chi connectivity index (χ2v) is 3.26. The van der Waals surface area contributed by atoms with Crippen molar-refractivity contribution in [3.63, 3.8) is 0 Å². The fourth-order valence-electron chi connectivity index (χ4n) is 0.300. The number of aliphatic hydroxyl groups is 1. The van der Waals surface area contributed by atoms with Crippen LogP contribution >= 0.6 is 0 Å². The van der Waals surface area contributed by atoms with Gasteiger partial charge in [0.05, 0.1) is 27.7 Å². The number of carboxylic acids is 1. The summed E-state index contributed by atoms with van der Waals surface area (Å²) in [6, 6.07) is 0. The maximum absolute atomic E-state index is 9.00. The molecule has 0 aromatic carbocycles. The second kappa shape index (κ2) is 9.10. The number of aliphatic hydroxyl groups excluding tert-OH is 1. The van der Waals surface area contributed by atoms with Gasteiger partial charge in [-0.25, -0.2) is 0 Å². The van der Waals surface area contributed by atoms with Crippen molar-refractivity contribution in [2.24, 2.45) is 0 Å². The van der Waals surface area contributed by atoms with Crippen LogP contribution in [0.5, 0.6) is 0 Å². The van der Waals surface area contributed by atoms with Crippen LogP contribution in [0.2, 0.25) is 0 Å². The number of quaternary nitrogens is 1. The molecule has 0 radical (unpaired) electrons. The van der Waals surface area contributed by atoms with E-state index in [0.717, 1.165) is 18.0 Å². The zero-order chi connectivity index (χ0) is 9.49. The van der Waals surface area contributed by atoms with E-state index in [9.17, 15) is 0 Å². The molecular formula is C7H18NO3Zn+. The largest absolute Gasteiger partial charge is 0.481 e. The number of carboxylic acid groups (broad SMARTS) is 1. The number of carbonyl (C=O) groups is 1. The molecule has 0 fully saturated rings. The van der Waals surface area contributed by atoms with E-state index < -0.39 is 5.97 Å². The fraction of sp³-hybridized carbons (Fsp3) is 0.857. The average molecular weight is 230 g/mol. The summed E-state index contributed by atoms with van der Waals surface area (Å²) in [4.78, 5) is 9.00. The van der Waals surface area contributed by atoms with E-state index in [1.807, 2.05) is 0 Å². The van der Waals surface area contributed by atoms with E-state index in [1.165, 1.54) is 0 Å². The molecule has 0 bridgehead atoms. The van der Waals surface area contributed by atoms with Gasteiger partial charge in [0.25, 0.3) is 5.97 Å². The molecule has 0 atom stereocenters. The van der Waals surface area contributed by atoms with E-state index in [4.69, 9.17) is 15.0 Å². The van der Waals surface area contributed by atoms with E-state index in [0.29, 0.717) is 0 Å². The summed E-state index contributed by atoms with van der Waals surface area (Å²) in [5.41, 5.74) is 0. The minimum atomic E-state index is -0.833. The number of hydrogen-bond acceptors (Lipinski definition) is 2. The number of rotatable bonds is 2. The third-order valence-corrected chi connectivity index (χ3v) is 0.771. The van der Waals surface area contributed by atoms with Crippen LogP contribution in [-0.2, 0) is 24.3 Å². The molecule has 0 aromatic heterocycles.